The first-order valence-electron chi connectivity index (χ1n) is 11.2. The summed E-state index contributed by atoms with van der Waals surface area (Å²) in [5.41, 5.74) is -0.684. The molecule has 30 heavy (non-hydrogen) atoms. The Balaban J connectivity index is 2.53. The van der Waals surface area contributed by atoms with Crippen LogP contribution in [-0.4, -0.2) is 28.3 Å². The van der Waals surface area contributed by atoms with Crippen molar-refractivity contribution < 1.29 is 14.6 Å². The van der Waals surface area contributed by atoms with Crippen LogP contribution in [0.5, 0.6) is 5.75 Å². The van der Waals surface area contributed by atoms with Crippen LogP contribution in [0.25, 0.3) is 0 Å². The molecular formula is C26H43NO3. The van der Waals surface area contributed by atoms with Gasteiger partial charge in [0, 0.05) is 5.54 Å². The van der Waals surface area contributed by atoms with Crippen LogP contribution in [0.15, 0.2) is 24.3 Å². The number of phenols is 1. The maximum Gasteiger partial charge on any atom is 0.317 e. The highest BCUT2D eigenvalue weighted by Gasteiger charge is 2.54. The Hall–Kier alpha value is -1.55. The lowest BCUT2D eigenvalue weighted by Crippen LogP contribution is -2.64. The van der Waals surface area contributed by atoms with E-state index in [0.29, 0.717) is 6.42 Å². The molecule has 0 amide bonds. The number of ether oxygens (including phenoxy) is 1. The van der Waals surface area contributed by atoms with Crippen LogP contribution in [0.4, 0.5) is 0 Å². The summed E-state index contributed by atoms with van der Waals surface area (Å²) in [6.07, 6.45) is 2.25. The van der Waals surface area contributed by atoms with Gasteiger partial charge in [0.1, 0.15) is 11.9 Å². The molecule has 1 fully saturated rings. The van der Waals surface area contributed by atoms with E-state index in [2.05, 4.69) is 74.6 Å². The second kappa shape index (κ2) is 7.85. The van der Waals surface area contributed by atoms with Crippen molar-refractivity contribution >= 4 is 5.97 Å². The topological polar surface area (TPSA) is 58.6 Å². The fraction of sp³-hybridized carbons (Fsp3) is 0.731. The lowest BCUT2D eigenvalue weighted by atomic mass is 9.57. The van der Waals surface area contributed by atoms with E-state index in [4.69, 9.17) is 4.74 Å². The number of rotatable bonds is 4. The average Bonchev–Trinajstić information content (AvgIpc) is 2.53. The van der Waals surface area contributed by atoms with Crippen molar-refractivity contribution in [2.75, 3.05) is 0 Å². The molecule has 1 heterocycles. The number of piperidine rings is 1. The van der Waals surface area contributed by atoms with Crippen LogP contribution in [-0.2, 0) is 14.9 Å². The highest BCUT2D eigenvalue weighted by Crippen LogP contribution is 2.50. The summed E-state index contributed by atoms with van der Waals surface area (Å²) in [7, 11) is 0. The van der Waals surface area contributed by atoms with Crippen LogP contribution in [0, 0.1) is 10.8 Å². The summed E-state index contributed by atoms with van der Waals surface area (Å²) >= 11 is 0. The third-order valence-corrected chi connectivity index (χ3v) is 6.53. The highest BCUT2D eigenvalue weighted by atomic mass is 16.5. The Morgan fingerprint density at radius 1 is 1.07 bits per heavy atom. The Labute approximate surface area is 183 Å². The molecule has 2 rings (SSSR count). The molecule has 1 saturated heterocycles. The van der Waals surface area contributed by atoms with Gasteiger partial charge in [-0.2, -0.15) is 0 Å². The quantitative estimate of drug-likeness (QED) is 0.593. The fourth-order valence-electron chi connectivity index (χ4n) is 5.14. The summed E-state index contributed by atoms with van der Waals surface area (Å²) in [5, 5.41) is 13.5. The van der Waals surface area contributed by atoms with Gasteiger partial charge in [-0.25, -0.2) is 0 Å². The van der Waals surface area contributed by atoms with Crippen molar-refractivity contribution in [1.82, 2.24) is 5.32 Å². The van der Waals surface area contributed by atoms with Gasteiger partial charge in [-0.3, -0.25) is 4.79 Å². The molecule has 2 atom stereocenters. The molecule has 1 aliphatic rings. The number of carbonyl (C=O) groups is 1. The van der Waals surface area contributed by atoms with E-state index < -0.39 is 5.41 Å². The van der Waals surface area contributed by atoms with Crippen molar-refractivity contribution in [3.8, 4) is 5.75 Å². The summed E-state index contributed by atoms with van der Waals surface area (Å²) in [5.74, 6) is 0.0285. The monoisotopic (exact) mass is 417 g/mol. The van der Waals surface area contributed by atoms with Gasteiger partial charge in [-0.05, 0) is 75.5 Å². The van der Waals surface area contributed by atoms with E-state index in [-0.39, 0.29) is 39.7 Å². The number of carbonyl (C=O) groups excluding carboxylic acids is 1. The van der Waals surface area contributed by atoms with E-state index in [0.717, 1.165) is 18.4 Å². The molecule has 1 aromatic rings. The summed E-state index contributed by atoms with van der Waals surface area (Å²) in [4.78, 5) is 14.1. The minimum atomic E-state index is -0.831. The van der Waals surface area contributed by atoms with Crippen molar-refractivity contribution in [1.29, 1.82) is 0 Å². The maximum atomic E-state index is 14.1. The molecule has 0 spiro atoms. The van der Waals surface area contributed by atoms with Gasteiger partial charge >= 0.3 is 5.97 Å². The first-order chi connectivity index (χ1) is 13.4. The van der Waals surface area contributed by atoms with Crippen LogP contribution in [0.3, 0.4) is 0 Å². The molecule has 1 aliphatic heterocycles. The van der Waals surface area contributed by atoms with Gasteiger partial charge < -0.3 is 15.2 Å². The number of hydrogen-bond acceptors (Lipinski definition) is 4. The number of nitrogens with one attached hydrogen (secondary N) is 1. The molecule has 0 aliphatic carbocycles. The molecule has 170 valence electrons. The van der Waals surface area contributed by atoms with Gasteiger partial charge in [0.05, 0.1) is 11.0 Å². The third-order valence-electron chi connectivity index (χ3n) is 6.53. The van der Waals surface area contributed by atoms with E-state index in [1.54, 1.807) is 12.1 Å². The third kappa shape index (κ3) is 5.19. The Bertz CT molecular complexity index is 750. The van der Waals surface area contributed by atoms with E-state index in [9.17, 15) is 9.90 Å². The SMILES string of the molecule is CC(C)(C)CC(C(=O)OC1CCC(C)(C)NC1(C)C)(c1ccc(O)cc1)C(C)(C)C. The number of benzene rings is 1. The first-order valence-corrected chi connectivity index (χ1v) is 11.2. The Morgan fingerprint density at radius 2 is 1.60 bits per heavy atom. The lowest BCUT2D eigenvalue weighted by molar-refractivity contribution is -0.170. The van der Waals surface area contributed by atoms with Crippen LogP contribution in [0.1, 0.15) is 94.1 Å². The Morgan fingerprint density at radius 3 is 2.03 bits per heavy atom. The predicted octanol–water partition coefficient (Wildman–Crippen LogP) is 5.96. The summed E-state index contributed by atoms with van der Waals surface area (Å²) in [6.45, 7) is 21.5. The fourth-order valence-corrected chi connectivity index (χ4v) is 5.14. The molecule has 2 N–H and O–H groups in total. The van der Waals surface area contributed by atoms with E-state index in [1.807, 2.05) is 12.1 Å². The predicted molar refractivity (Wildman–Crippen MR) is 124 cm³/mol. The van der Waals surface area contributed by atoms with Gasteiger partial charge in [-0.15, -0.1) is 0 Å². The average molecular weight is 418 g/mol. The molecule has 0 radical (unpaired) electrons. The number of phenolic OH excluding ortho intramolecular Hbond substituents is 1. The van der Waals surface area contributed by atoms with Gasteiger partial charge in [-0.1, -0.05) is 53.7 Å². The lowest BCUT2D eigenvalue weighted by Gasteiger charge is -2.50. The number of hydrogen-bond donors (Lipinski definition) is 2. The highest BCUT2D eigenvalue weighted by molar-refractivity contribution is 5.85. The zero-order valence-corrected chi connectivity index (χ0v) is 20.8. The largest absolute Gasteiger partial charge is 0.508 e. The van der Waals surface area contributed by atoms with E-state index >= 15 is 0 Å². The van der Waals surface area contributed by atoms with Crippen molar-refractivity contribution in [2.45, 2.75) is 111 Å². The molecule has 4 heteroatoms. The molecule has 4 nitrogen and oxygen atoms in total. The smallest absolute Gasteiger partial charge is 0.317 e. The van der Waals surface area contributed by atoms with Crippen LogP contribution in [0.2, 0.25) is 0 Å². The second-order valence-electron chi connectivity index (χ2n) is 12.6. The first kappa shape index (κ1) is 24.7. The minimum Gasteiger partial charge on any atom is -0.508 e. The van der Waals surface area contributed by atoms with Crippen molar-refractivity contribution in [3.05, 3.63) is 29.8 Å². The standard InChI is InChI=1S/C26H43NO3/c1-22(2,3)17-26(23(4,5)6,18-11-13-19(28)14-12-18)21(29)30-20-15-16-24(7,8)27-25(20,9)10/h11-14,20,27-28H,15-17H2,1-10H3. The molecule has 0 saturated carbocycles. The summed E-state index contributed by atoms with van der Waals surface area (Å²) < 4.78 is 6.36. The van der Waals surface area contributed by atoms with Crippen LogP contribution < -0.4 is 5.32 Å². The Kier molecular flexibility index (Phi) is 6.47. The maximum absolute atomic E-state index is 14.1. The van der Waals surface area contributed by atoms with Gasteiger partial charge in [0.25, 0.3) is 0 Å². The number of esters is 1. The van der Waals surface area contributed by atoms with Crippen molar-refractivity contribution in [3.63, 3.8) is 0 Å². The van der Waals surface area contributed by atoms with Gasteiger partial charge in [0.15, 0.2) is 0 Å². The minimum absolute atomic E-state index is 0.0237. The molecular weight excluding hydrogens is 374 g/mol. The zero-order valence-electron chi connectivity index (χ0n) is 20.8. The second-order valence-corrected chi connectivity index (χ2v) is 12.6. The molecule has 2 unspecified atom stereocenters. The summed E-state index contributed by atoms with van der Waals surface area (Å²) in [6, 6.07) is 7.09. The normalized spacial score (nSPS) is 23.5. The van der Waals surface area contributed by atoms with Gasteiger partial charge in [0.2, 0.25) is 0 Å². The number of aromatic hydroxyl groups is 1. The molecule has 0 aromatic heterocycles. The van der Waals surface area contributed by atoms with Crippen LogP contribution >= 0.6 is 0 Å². The van der Waals surface area contributed by atoms with E-state index in [1.165, 1.54) is 0 Å². The zero-order chi connectivity index (χ0) is 23.2. The van der Waals surface area contributed by atoms with Crippen molar-refractivity contribution in [2.24, 2.45) is 10.8 Å². The molecule has 0 bridgehead atoms. The molecule has 1 aromatic carbocycles.